The third-order valence-corrected chi connectivity index (χ3v) is 5.78. The summed E-state index contributed by atoms with van der Waals surface area (Å²) in [6, 6.07) is 6.20. The number of unbranched alkanes of at least 4 members (excludes halogenated alkanes) is 9. The lowest BCUT2D eigenvalue weighted by atomic mass is 10.1. The molecule has 0 aliphatic heterocycles. The van der Waals surface area contributed by atoms with E-state index in [0.29, 0.717) is 12.2 Å². The lowest BCUT2D eigenvalue weighted by molar-refractivity contribution is -0.114. The minimum atomic E-state index is -3.48. The van der Waals surface area contributed by atoms with Gasteiger partial charge in [0.05, 0.1) is 4.90 Å². The van der Waals surface area contributed by atoms with Crippen LogP contribution in [0.15, 0.2) is 29.2 Å². The van der Waals surface area contributed by atoms with Gasteiger partial charge in [0.1, 0.15) is 0 Å². The van der Waals surface area contributed by atoms with Gasteiger partial charge in [-0.1, -0.05) is 64.7 Å². The van der Waals surface area contributed by atoms with E-state index in [9.17, 15) is 13.2 Å². The molecule has 1 amide bonds. The first kappa shape index (κ1) is 22.6. The van der Waals surface area contributed by atoms with Gasteiger partial charge in [-0.15, -0.1) is 0 Å². The number of hydrogen-bond donors (Lipinski definition) is 2. The van der Waals surface area contributed by atoms with E-state index in [1.165, 1.54) is 70.4 Å². The van der Waals surface area contributed by atoms with Gasteiger partial charge in [0.25, 0.3) is 0 Å². The summed E-state index contributed by atoms with van der Waals surface area (Å²) in [6.45, 7) is 4.11. The number of amides is 1. The monoisotopic (exact) mass is 382 g/mol. The van der Waals surface area contributed by atoms with Crippen molar-refractivity contribution >= 4 is 21.6 Å². The minimum absolute atomic E-state index is 0.181. The molecule has 0 atom stereocenters. The molecule has 5 nitrogen and oxygen atoms in total. The largest absolute Gasteiger partial charge is 0.326 e. The van der Waals surface area contributed by atoms with E-state index < -0.39 is 10.0 Å². The first-order chi connectivity index (χ1) is 12.5. The lowest BCUT2D eigenvalue weighted by Crippen LogP contribution is -2.24. The van der Waals surface area contributed by atoms with Gasteiger partial charge in [0.15, 0.2) is 0 Å². The maximum atomic E-state index is 12.2. The molecule has 2 N–H and O–H groups in total. The molecule has 0 spiro atoms. The molecule has 0 aliphatic rings. The highest BCUT2D eigenvalue weighted by atomic mass is 32.2. The van der Waals surface area contributed by atoms with E-state index in [2.05, 4.69) is 17.0 Å². The summed E-state index contributed by atoms with van der Waals surface area (Å²) in [6.07, 6.45) is 12.3. The molecule has 0 saturated carbocycles. The molecule has 0 aromatic heterocycles. The van der Waals surface area contributed by atoms with Crippen molar-refractivity contribution in [1.82, 2.24) is 4.72 Å². The number of sulfonamides is 1. The maximum Gasteiger partial charge on any atom is 0.240 e. The summed E-state index contributed by atoms with van der Waals surface area (Å²) in [7, 11) is -3.48. The number of carbonyl (C=O) groups is 1. The van der Waals surface area contributed by atoms with Gasteiger partial charge in [0.2, 0.25) is 15.9 Å². The van der Waals surface area contributed by atoms with Crippen LogP contribution in [0.3, 0.4) is 0 Å². The Morgan fingerprint density at radius 1 is 0.846 bits per heavy atom. The smallest absolute Gasteiger partial charge is 0.240 e. The van der Waals surface area contributed by atoms with E-state index in [0.717, 1.165) is 12.8 Å². The van der Waals surface area contributed by atoms with Gasteiger partial charge < -0.3 is 5.32 Å². The number of carbonyl (C=O) groups excluding carboxylic acids is 1. The van der Waals surface area contributed by atoms with Crippen LogP contribution in [0, 0.1) is 0 Å². The van der Waals surface area contributed by atoms with Crippen molar-refractivity contribution in [2.24, 2.45) is 0 Å². The number of rotatable bonds is 14. The second-order valence-corrected chi connectivity index (χ2v) is 8.55. The molecule has 0 aliphatic carbocycles. The van der Waals surface area contributed by atoms with Crippen LogP contribution in [-0.2, 0) is 14.8 Å². The van der Waals surface area contributed by atoms with Gasteiger partial charge in [-0.3, -0.25) is 4.79 Å². The molecule has 1 aromatic carbocycles. The molecule has 0 radical (unpaired) electrons. The van der Waals surface area contributed by atoms with Crippen LogP contribution in [0.5, 0.6) is 0 Å². The number of hydrogen-bond acceptors (Lipinski definition) is 3. The van der Waals surface area contributed by atoms with E-state index in [1.807, 2.05) is 0 Å². The predicted octanol–water partition coefficient (Wildman–Crippen LogP) is 4.84. The first-order valence-electron chi connectivity index (χ1n) is 9.83. The van der Waals surface area contributed by atoms with Crippen molar-refractivity contribution in [2.75, 3.05) is 11.9 Å². The zero-order valence-corrected chi connectivity index (χ0v) is 17.0. The quantitative estimate of drug-likeness (QED) is 0.452. The summed E-state index contributed by atoms with van der Waals surface area (Å²) in [4.78, 5) is 11.2. The standard InChI is InChI=1S/C20H34N2O3S/c1-3-4-5-6-7-8-9-10-11-12-17-21-26(24,25)20-15-13-19(14-16-20)22-18(2)23/h13-16,21H,3-12,17H2,1-2H3,(H,22,23). The normalized spacial score (nSPS) is 11.5. The fourth-order valence-electron chi connectivity index (χ4n) is 2.82. The Morgan fingerprint density at radius 3 is 1.85 bits per heavy atom. The van der Waals surface area contributed by atoms with Crippen molar-refractivity contribution < 1.29 is 13.2 Å². The van der Waals surface area contributed by atoms with Crippen LogP contribution in [-0.4, -0.2) is 20.9 Å². The third kappa shape index (κ3) is 9.92. The second kappa shape index (κ2) is 12.9. The molecule has 26 heavy (non-hydrogen) atoms. The SMILES string of the molecule is CCCCCCCCCCCCNS(=O)(=O)c1ccc(NC(C)=O)cc1. The Labute approximate surface area is 159 Å². The Balaban J connectivity index is 2.16. The van der Waals surface area contributed by atoms with Gasteiger partial charge in [0, 0.05) is 19.2 Å². The molecular formula is C20H34N2O3S. The summed E-state index contributed by atoms with van der Waals surface area (Å²) >= 11 is 0. The zero-order valence-electron chi connectivity index (χ0n) is 16.2. The van der Waals surface area contributed by atoms with E-state index in [-0.39, 0.29) is 10.8 Å². The molecule has 0 saturated heterocycles. The molecule has 1 aromatic rings. The van der Waals surface area contributed by atoms with Crippen molar-refractivity contribution in [3.8, 4) is 0 Å². The average Bonchev–Trinajstić information content (AvgIpc) is 2.59. The Hall–Kier alpha value is -1.40. The number of nitrogens with one attached hydrogen (secondary N) is 2. The molecule has 0 unspecified atom stereocenters. The Kier molecular flexibility index (Phi) is 11.2. The van der Waals surface area contributed by atoms with E-state index in [4.69, 9.17) is 0 Å². The highest BCUT2D eigenvalue weighted by Gasteiger charge is 2.12. The van der Waals surface area contributed by atoms with Crippen molar-refractivity contribution in [2.45, 2.75) is 83.0 Å². The number of anilines is 1. The fraction of sp³-hybridized carbons (Fsp3) is 0.650. The first-order valence-corrected chi connectivity index (χ1v) is 11.3. The summed E-state index contributed by atoms with van der Waals surface area (Å²) in [5.41, 5.74) is 0.589. The van der Waals surface area contributed by atoms with Gasteiger partial charge in [-0.25, -0.2) is 13.1 Å². The molecular weight excluding hydrogens is 348 g/mol. The molecule has 1 rings (SSSR count). The van der Waals surface area contributed by atoms with E-state index in [1.54, 1.807) is 12.1 Å². The van der Waals surface area contributed by atoms with Crippen LogP contribution in [0.25, 0.3) is 0 Å². The number of benzene rings is 1. The molecule has 0 heterocycles. The average molecular weight is 383 g/mol. The summed E-state index contributed by atoms with van der Waals surface area (Å²) in [5.74, 6) is -0.181. The highest BCUT2D eigenvalue weighted by molar-refractivity contribution is 7.89. The summed E-state index contributed by atoms with van der Waals surface area (Å²) in [5, 5.41) is 2.62. The Morgan fingerprint density at radius 2 is 1.35 bits per heavy atom. The van der Waals surface area contributed by atoms with E-state index >= 15 is 0 Å². The van der Waals surface area contributed by atoms with Crippen molar-refractivity contribution in [1.29, 1.82) is 0 Å². The molecule has 6 heteroatoms. The third-order valence-electron chi connectivity index (χ3n) is 4.31. The van der Waals surface area contributed by atoms with Crippen LogP contribution in [0.4, 0.5) is 5.69 Å². The predicted molar refractivity (Wildman–Crippen MR) is 108 cm³/mol. The van der Waals surface area contributed by atoms with Crippen LogP contribution in [0.2, 0.25) is 0 Å². The van der Waals surface area contributed by atoms with Crippen molar-refractivity contribution in [3.63, 3.8) is 0 Å². The van der Waals surface area contributed by atoms with Crippen LogP contribution >= 0.6 is 0 Å². The van der Waals surface area contributed by atoms with Crippen molar-refractivity contribution in [3.05, 3.63) is 24.3 Å². The van der Waals surface area contributed by atoms with Crippen LogP contribution < -0.4 is 10.0 Å². The maximum absolute atomic E-state index is 12.2. The molecule has 0 fully saturated rings. The second-order valence-electron chi connectivity index (χ2n) is 6.79. The Bertz CT molecular complexity index is 612. The topological polar surface area (TPSA) is 75.3 Å². The van der Waals surface area contributed by atoms with Gasteiger partial charge in [-0.2, -0.15) is 0 Å². The van der Waals surface area contributed by atoms with Gasteiger partial charge >= 0.3 is 0 Å². The minimum Gasteiger partial charge on any atom is -0.326 e. The molecule has 0 bridgehead atoms. The lowest BCUT2D eigenvalue weighted by Gasteiger charge is -2.08. The highest BCUT2D eigenvalue weighted by Crippen LogP contribution is 2.14. The fourth-order valence-corrected chi connectivity index (χ4v) is 3.90. The van der Waals surface area contributed by atoms with Crippen LogP contribution in [0.1, 0.15) is 78.1 Å². The molecule has 148 valence electrons. The van der Waals surface area contributed by atoms with Gasteiger partial charge in [-0.05, 0) is 30.7 Å². The summed E-state index contributed by atoms with van der Waals surface area (Å²) < 4.78 is 27.1. The zero-order chi connectivity index (χ0) is 19.3.